The highest BCUT2D eigenvalue weighted by Gasteiger charge is 2.24. The number of rotatable bonds is 6. The van der Waals surface area contributed by atoms with Crippen LogP contribution in [0.25, 0.3) is 0 Å². The molecule has 0 bridgehead atoms. The second-order valence-corrected chi connectivity index (χ2v) is 6.64. The van der Waals surface area contributed by atoms with Gasteiger partial charge in [0.1, 0.15) is 23.5 Å². The van der Waals surface area contributed by atoms with E-state index < -0.39 is 6.10 Å². The molecule has 0 spiro atoms. The van der Waals surface area contributed by atoms with Crippen LogP contribution in [0.15, 0.2) is 18.2 Å². The SMILES string of the molecule is C[C@@H]1CC(NC[C@@H](O)COc2cccc(Cl)c2Cl)C[C@@H](C)O1. The number of nitrogens with one attached hydrogen (secondary N) is 1. The highest BCUT2D eigenvalue weighted by atomic mass is 35.5. The number of hydrogen-bond donors (Lipinski definition) is 2. The molecule has 1 aliphatic rings. The van der Waals surface area contributed by atoms with Gasteiger partial charge in [-0.2, -0.15) is 0 Å². The molecule has 4 nitrogen and oxygen atoms in total. The molecule has 1 saturated heterocycles. The van der Waals surface area contributed by atoms with Crippen LogP contribution in [0.1, 0.15) is 26.7 Å². The summed E-state index contributed by atoms with van der Waals surface area (Å²) in [6, 6.07) is 5.56. The van der Waals surface area contributed by atoms with E-state index in [0.717, 1.165) is 12.8 Å². The maximum absolute atomic E-state index is 10.0. The van der Waals surface area contributed by atoms with E-state index in [2.05, 4.69) is 19.2 Å². The third-order valence-electron chi connectivity index (χ3n) is 3.69. The lowest BCUT2D eigenvalue weighted by molar-refractivity contribution is -0.0437. The van der Waals surface area contributed by atoms with Crippen molar-refractivity contribution >= 4 is 23.2 Å². The summed E-state index contributed by atoms with van der Waals surface area (Å²) >= 11 is 12.0. The predicted octanol–water partition coefficient (Wildman–Crippen LogP) is 3.28. The molecule has 0 unspecified atom stereocenters. The molecule has 124 valence electrons. The second kappa shape index (κ2) is 8.37. The number of ether oxygens (including phenoxy) is 2. The van der Waals surface area contributed by atoms with Gasteiger partial charge in [-0.15, -0.1) is 0 Å². The van der Waals surface area contributed by atoms with E-state index in [4.69, 9.17) is 32.7 Å². The Kier molecular flexibility index (Phi) is 6.78. The molecule has 0 amide bonds. The van der Waals surface area contributed by atoms with Gasteiger partial charge >= 0.3 is 0 Å². The first kappa shape index (κ1) is 17.8. The molecule has 1 fully saturated rings. The number of benzene rings is 1. The summed E-state index contributed by atoms with van der Waals surface area (Å²) in [6.07, 6.45) is 1.80. The Balaban J connectivity index is 1.74. The number of aliphatic hydroxyl groups excluding tert-OH is 1. The maximum atomic E-state index is 10.0. The summed E-state index contributed by atoms with van der Waals surface area (Å²) in [5.74, 6) is 0.488. The largest absolute Gasteiger partial charge is 0.489 e. The highest BCUT2D eigenvalue weighted by Crippen LogP contribution is 2.31. The molecular formula is C16H23Cl2NO3. The maximum Gasteiger partial charge on any atom is 0.139 e. The molecule has 0 saturated carbocycles. The number of aliphatic hydroxyl groups is 1. The van der Waals surface area contributed by atoms with Crippen LogP contribution in [0.4, 0.5) is 0 Å². The van der Waals surface area contributed by atoms with Crippen molar-refractivity contribution in [2.75, 3.05) is 13.2 Å². The molecule has 1 aromatic rings. The van der Waals surface area contributed by atoms with E-state index in [1.165, 1.54) is 0 Å². The van der Waals surface area contributed by atoms with Crippen molar-refractivity contribution < 1.29 is 14.6 Å². The summed E-state index contributed by atoms with van der Waals surface area (Å²) in [7, 11) is 0. The Morgan fingerprint density at radius 3 is 2.68 bits per heavy atom. The fourth-order valence-electron chi connectivity index (χ4n) is 2.72. The minimum Gasteiger partial charge on any atom is -0.489 e. The molecule has 2 rings (SSSR count). The predicted molar refractivity (Wildman–Crippen MR) is 89.0 cm³/mol. The highest BCUT2D eigenvalue weighted by molar-refractivity contribution is 6.42. The molecule has 22 heavy (non-hydrogen) atoms. The first-order valence-electron chi connectivity index (χ1n) is 7.59. The van der Waals surface area contributed by atoms with Crippen molar-refractivity contribution in [2.24, 2.45) is 0 Å². The molecule has 2 N–H and O–H groups in total. The molecule has 0 aliphatic carbocycles. The first-order valence-corrected chi connectivity index (χ1v) is 8.35. The van der Waals surface area contributed by atoms with Gasteiger partial charge in [-0.25, -0.2) is 0 Å². The smallest absolute Gasteiger partial charge is 0.139 e. The lowest BCUT2D eigenvalue weighted by Gasteiger charge is -2.33. The van der Waals surface area contributed by atoms with Gasteiger partial charge in [-0.05, 0) is 38.8 Å². The lowest BCUT2D eigenvalue weighted by Crippen LogP contribution is -2.44. The van der Waals surface area contributed by atoms with Gasteiger partial charge in [-0.3, -0.25) is 0 Å². The minimum absolute atomic E-state index is 0.168. The fraction of sp³-hybridized carbons (Fsp3) is 0.625. The van der Waals surface area contributed by atoms with Crippen molar-refractivity contribution in [1.82, 2.24) is 5.32 Å². The van der Waals surface area contributed by atoms with Gasteiger partial charge in [0.2, 0.25) is 0 Å². The van der Waals surface area contributed by atoms with Crippen LogP contribution in [0.3, 0.4) is 0 Å². The third-order valence-corrected chi connectivity index (χ3v) is 4.49. The normalized spacial score (nSPS) is 26.7. The van der Waals surface area contributed by atoms with Crippen LogP contribution in [0, 0.1) is 0 Å². The van der Waals surface area contributed by atoms with Crippen LogP contribution in [-0.4, -0.2) is 42.6 Å². The number of hydrogen-bond acceptors (Lipinski definition) is 4. The van der Waals surface area contributed by atoms with E-state index in [-0.39, 0.29) is 18.8 Å². The molecule has 0 radical (unpaired) electrons. The van der Waals surface area contributed by atoms with Crippen LogP contribution in [-0.2, 0) is 4.74 Å². The topological polar surface area (TPSA) is 50.7 Å². The zero-order valence-electron chi connectivity index (χ0n) is 12.9. The molecule has 1 aromatic carbocycles. The van der Waals surface area contributed by atoms with E-state index in [9.17, 15) is 5.11 Å². The van der Waals surface area contributed by atoms with Gasteiger partial charge in [0, 0.05) is 12.6 Å². The molecule has 1 heterocycles. The van der Waals surface area contributed by atoms with Gasteiger partial charge < -0.3 is 19.9 Å². The second-order valence-electron chi connectivity index (χ2n) is 5.85. The minimum atomic E-state index is -0.608. The summed E-state index contributed by atoms with van der Waals surface area (Å²) in [5.41, 5.74) is 0. The van der Waals surface area contributed by atoms with Crippen LogP contribution < -0.4 is 10.1 Å². The van der Waals surface area contributed by atoms with Gasteiger partial charge in [0.25, 0.3) is 0 Å². The van der Waals surface area contributed by atoms with Gasteiger partial charge in [0.05, 0.1) is 17.2 Å². The van der Waals surface area contributed by atoms with Gasteiger partial charge in [-0.1, -0.05) is 29.3 Å². The Morgan fingerprint density at radius 1 is 1.32 bits per heavy atom. The fourth-order valence-corrected chi connectivity index (χ4v) is 3.06. The molecule has 3 atom stereocenters. The average Bonchev–Trinajstić information content (AvgIpc) is 2.46. The Morgan fingerprint density at radius 2 is 2.00 bits per heavy atom. The molecule has 6 heteroatoms. The Bertz CT molecular complexity index is 476. The Labute approximate surface area is 141 Å². The average molecular weight is 348 g/mol. The molecular weight excluding hydrogens is 325 g/mol. The van der Waals surface area contributed by atoms with Crippen molar-refractivity contribution in [1.29, 1.82) is 0 Å². The summed E-state index contributed by atoms with van der Waals surface area (Å²) in [6.45, 7) is 4.79. The standard InChI is InChI=1S/C16H23Cl2NO3/c1-10-6-12(7-11(2)22-10)19-8-13(20)9-21-15-5-3-4-14(17)16(15)18/h3-5,10-13,19-20H,6-9H2,1-2H3/t10-,11-,13-/m1/s1. The van der Waals surface area contributed by atoms with Crippen LogP contribution >= 0.6 is 23.2 Å². The van der Waals surface area contributed by atoms with E-state index in [1.54, 1.807) is 18.2 Å². The van der Waals surface area contributed by atoms with Crippen molar-refractivity contribution in [2.45, 2.75) is 51.0 Å². The molecule has 0 aromatic heterocycles. The van der Waals surface area contributed by atoms with Gasteiger partial charge in [0.15, 0.2) is 0 Å². The van der Waals surface area contributed by atoms with Crippen molar-refractivity contribution in [3.63, 3.8) is 0 Å². The number of halogens is 2. The van der Waals surface area contributed by atoms with E-state index in [0.29, 0.717) is 28.4 Å². The monoisotopic (exact) mass is 347 g/mol. The van der Waals surface area contributed by atoms with Crippen LogP contribution in [0.2, 0.25) is 10.0 Å². The lowest BCUT2D eigenvalue weighted by atomic mass is 10.00. The van der Waals surface area contributed by atoms with Crippen molar-refractivity contribution in [3.8, 4) is 5.75 Å². The Hall–Kier alpha value is -0.520. The summed E-state index contributed by atoms with van der Waals surface area (Å²) in [4.78, 5) is 0. The zero-order valence-corrected chi connectivity index (χ0v) is 14.4. The van der Waals surface area contributed by atoms with E-state index in [1.807, 2.05) is 0 Å². The summed E-state index contributed by atoms with van der Waals surface area (Å²) in [5, 5.41) is 14.2. The zero-order chi connectivity index (χ0) is 16.1. The molecule has 1 aliphatic heterocycles. The first-order chi connectivity index (χ1) is 10.5. The summed E-state index contributed by atoms with van der Waals surface area (Å²) < 4.78 is 11.2. The third kappa shape index (κ3) is 5.28. The van der Waals surface area contributed by atoms with E-state index >= 15 is 0 Å². The van der Waals surface area contributed by atoms with Crippen molar-refractivity contribution in [3.05, 3.63) is 28.2 Å². The quantitative estimate of drug-likeness (QED) is 0.828. The van der Waals surface area contributed by atoms with Crippen LogP contribution in [0.5, 0.6) is 5.75 Å².